The molecule has 2 atom stereocenters. The van der Waals surface area contributed by atoms with Gasteiger partial charge in [0.1, 0.15) is 5.75 Å². The highest BCUT2D eigenvalue weighted by molar-refractivity contribution is 5.81. The van der Waals surface area contributed by atoms with Crippen molar-refractivity contribution in [1.29, 1.82) is 0 Å². The first-order chi connectivity index (χ1) is 17.9. The van der Waals surface area contributed by atoms with Gasteiger partial charge in [0.25, 0.3) is 5.91 Å². The number of nitrogens with one attached hydrogen (secondary N) is 1. The fourth-order valence-corrected chi connectivity index (χ4v) is 5.01. The van der Waals surface area contributed by atoms with Gasteiger partial charge in [0.05, 0.1) is 6.04 Å². The van der Waals surface area contributed by atoms with Crippen LogP contribution in [-0.2, 0) is 22.6 Å². The summed E-state index contributed by atoms with van der Waals surface area (Å²) >= 11 is 0. The zero-order valence-electron chi connectivity index (χ0n) is 22.4. The molecule has 2 unspecified atom stereocenters. The molecule has 1 heterocycles. The van der Waals surface area contributed by atoms with E-state index in [0.29, 0.717) is 37.6 Å². The molecule has 0 fully saturated rings. The highest BCUT2D eigenvalue weighted by Crippen LogP contribution is 2.38. The zero-order chi connectivity index (χ0) is 26.4. The lowest BCUT2D eigenvalue weighted by Crippen LogP contribution is -2.41. The number of benzene rings is 3. The molecule has 0 radical (unpaired) electrons. The lowest BCUT2D eigenvalue weighted by molar-refractivity contribution is -0.134. The molecule has 5 heteroatoms. The molecule has 2 amide bonds. The second kappa shape index (κ2) is 12.1. The number of aryl methyl sites for hydroxylation is 1. The van der Waals surface area contributed by atoms with Crippen LogP contribution in [0.3, 0.4) is 0 Å². The number of hydrogen-bond donors (Lipinski definition) is 1. The second-order valence-electron chi connectivity index (χ2n) is 10.3. The minimum atomic E-state index is -0.597. The lowest BCUT2D eigenvalue weighted by Gasteiger charge is -2.38. The summed E-state index contributed by atoms with van der Waals surface area (Å²) in [5.41, 5.74) is 5.60. The summed E-state index contributed by atoms with van der Waals surface area (Å²) in [7, 11) is 0. The molecule has 0 saturated heterocycles. The van der Waals surface area contributed by atoms with Crippen LogP contribution >= 0.6 is 0 Å². The molecular formula is C32H38N2O3. The summed E-state index contributed by atoms with van der Waals surface area (Å²) in [6.45, 7) is 9.31. The van der Waals surface area contributed by atoms with Crippen LogP contribution in [0.15, 0.2) is 72.8 Å². The molecule has 194 valence electrons. The van der Waals surface area contributed by atoms with Crippen LogP contribution in [0.1, 0.15) is 67.5 Å². The Morgan fingerprint density at radius 2 is 1.81 bits per heavy atom. The Kier molecular flexibility index (Phi) is 8.65. The van der Waals surface area contributed by atoms with Crippen molar-refractivity contribution in [1.82, 2.24) is 10.2 Å². The van der Waals surface area contributed by atoms with Crippen LogP contribution in [0.2, 0.25) is 0 Å². The van der Waals surface area contributed by atoms with Crippen molar-refractivity contribution in [2.24, 2.45) is 5.92 Å². The molecule has 37 heavy (non-hydrogen) atoms. The van der Waals surface area contributed by atoms with Crippen LogP contribution in [0.4, 0.5) is 0 Å². The monoisotopic (exact) mass is 498 g/mol. The summed E-state index contributed by atoms with van der Waals surface area (Å²) in [5, 5.41) is 3.02. The summed E-state index contributed by atoms with van der Waals surface area (Å²) in [6, 6.07) is 24.2. The Morgan fingerprint density at radius 1 is 1.03 bits per heavy atom. The third-order valence-electron chi connectivity index (χ3n) is 6.85. The van der Waals surface area contributed by atoms with E-state index in [0.717, 1.165) is 28.7 Å². The van der Waals surface area contributed by atoms with Gasteiger partial charge >= 0.3 is 0 Å². The van der Waals surface area contributed by atoms with E-state index in [4.69, 9.17) is 4.74 Å². The summed E-state index contributed by atoms with van der Waals surface area (Å²) < 4.78 is 6.23. The number of carbonyl (C=O) groups is 2. The van der Waals surface area contributed by atoms with E-state index in [-0.39, 0.29) is 17.9 Å². The van der Waals surface area contributed by atoms with Gasteiger partial charge in [0.15, 0.2) is 6.10 Å². The maximum absolute atomic E-state index is 13.3. The third-order valence-corrected chi connectivity index (χ3v) is 6.85. The molecule has 0 bridgehead atoms. The number of carbonyl (C=O) groups excluding carboxylic acids is 2. The SMILES string of the molecule is CCC(Oc1ccc2c(c1)C(c1ccccc1)N(C(=O)CC(C)C)CC2)C(=O)NCc1cccc(C)c1. The summed E-state index contributed by atoms with van der Waals surface area (Å²) in [4.78, 5) is 28.2. The largest absolute Gasteiger partial charge is 0.481 e. The predicted octanol–water partition coefficient (Wildman–Crippen LogP) is 5.99. The van der Waals surface area contributed by atoms with Gasteiger partial charge in [-0.1, -0.05) is 87.0 Å². The van der Waals surface area contributed by atoms with Crippen LogP contribution in [-0.4, -0.2) is 29.4 Å². The van der Waals surface area contributed by atoms with Gasteiger partial charge in [-0.3, -0.25) is 9.59 Å². The van der Waals surface area contributed by atoms with Crippen LogP contribution in [0.25, 0.3) is 0 Å². The number of ether oxygens (including phenoxy) is 1. The maximum atomic E-state index is 13.3. The summed E-state index contributed by atoms with van der Waals surface area (Å²) in [5.74, 6) is 0.983. The first-order valence-electron chi connectivity index (χ1n) is 13.3. The highest BCUT2D eigenvalue weighted by Gasteiger charge is 2.32. The van der Waals surface area contributed by atoms with E-state index in [9.17, 15) is 9.59 Å². The lowest BCUT2D eigenvalue weighted by atomic mass is 9.87. The molecule has 1 N–H and O–H groups in total. The van der Waals surface area contributed by atoms with Crippen molar-refractivity contribution in [3.63, 3.8) is 0 Å². The van der Waals surface area contributed by atoms with Crippen molar-refractivity contribution in [3.8, 4) is 5.75 Å². The van der Waals surface area contributed by atoms with E-state index < -0.39 is 6.10 Å². The van der Waals surface area contributed by atoms with Gasteiger partial charge < -0.3 is 15.0 Å². The molecule has 3 aromatic rings. The van der Waals surface area contributed by atoms with Crippen molar-refractivity contribution in [2.75, 3.05) is 6.54 Å². The Balaban J connectivity index is 1.56. The highest BCUT2D eigenvalue weighted by atomic mass is 16.5. The quantitative estimate of drug-likeness (QED) is 0.394. The molecule has 0 aliphatic carbocycles. The van der Waals surface area contributed by atoms with Gasteiger partial charge in [-0.2, -0.15) is 0 Å². The summed E-state index contributed by atoms with van der Waals surface area (Å²) in [6.07, 6.45) is 1.28. The number of nitrogens with zero attached hydrogens (tertiary/aromatic N) is 1. The van der Waals surface area contributed by atoms with Gasteiger partial charge in [0, 0.05) is 19.5 Å². The minimum absolute atomic E-state index is 0.130. The molecule has 1 aliphatic heterocycles. The normalized spacial score (nSPS) is 15.7. The third kappa shape index (κ3) is 6.59. The first kappa shape index (κ1) is 26.5. The van der Waals surface area contributed by atoms with Crippen molar-refractivity contribution < 1.29 is 14.3 Å². The van der Waals surface area contributed by atoms with E-state index in [1.165, 1.54) is 5.56 Å². The van der Waals surface area contributed by atoms with Crippen LogP contribution < -0.4 is 10.1 Å². The van der Waals surface area contributed by atoms with E-state index in [1.807, 2.05) is 67.3 Å². The fraction of sp³-hybridized carbons (Fsp3) is 0.375. The first-order valence-corrected chi connectivity index (χ1v) is 13.3. The zero-order valence-corrected chi connectivity index (χ0v) is 22.4. The fourth-order valence-electron chi connectivity index (χ4n) is 5.01. The van der Waals surface area contributed by atoms with Gasteiger partial charge in [-0.05, 0) is 60.1 Å². The standard InChI is InChI=1S/C32H38N2O3/c1-5-29(32(36)33-21-24-11-9-10-23(4)19-24)37-27-15-14-25-16-17-34(30(35)18-22(2)3)31(28(25)20-27)26-12-7-6-8-13-26/h6-15,19-20,22,29,31H,5,16-18,21H2,1-4H3,(H,33,36). The average Bonchev–Trinajstić information content (AvgIpc) is 2.89. The number of fused-ring (bicyclic) bond motifs is 1. The van der Waals surface area contributed by atoms with Crippen molar-refractivity contribution >= 4 is 11.8 Å². The van der Waals surface area contributed by atoms with Gasteiger partial charge in [-0.15, -0.1) is 0 Å². The minimum Gasteiger partial charge on any atom is -0.481 e. The second-order valence-corrected chi connectivity index (χ2v) is 10.3. The Labute approximate surface area is 220 Å². The Bertz CT molecular complexity index is 1220. The van der Waals surface area contributed by atoms with Crippen LogP contribution in [0.5, 0.6) is 5.75 Å². The maximum Gasteiger partial charge on any atom is 0.261 e. The number of hydrogen-bond acceptors (Lipinski definition) is 3. The Hall–Kier alpha value is -3.60. The molecule has 0 aromatic heterocycles. The van der Waals surface area contributed by atoms with Crippen LogP contribution in [0, 0.1) is 12.8 Å². The van der Waals surface area contributed by atoms with Crippen molar-refractivity contribution in [3.05, 3.63) is 101 Å². The molecule has 5 nitrogen and oxygen atoms in total. The van der Waals surface area contributed by atoms with E-state index in [2.05, 4.69) is 43.4 Å². The molecule has 3 aromatic carbocycles. The van der Waals surface area contributed by atoms with Crippen molar-refractivity contribution in [2.45, 2.75) is 65.6 Å². The molecule has 0 spiro atoms. The Morgan fingerprint density at radius 3 is 2.51 bits per heavy atom. The molecular weight excluding hydrogens is 460 g/mol. The topological polar surface area (TPSA) is 58.6 Å². The van der Waals surface area contributed by atoms with E-state index >= 15 is 0 Å². The molecule has 0 saturated carbocycles. The molecule has 1 aliphatic rings. The smallest absolute Gasteiger partial charge is 0.261 e. The van der Waals surface area contributed by atoms with Gasteiger partial charge in [-0.25, -0.2) is 0 Å². The predicted molar refractivity (Wildman–Crippen MR) is 147 cm³/mol. The average molecular weight is 499 g/mol. The van der Waals surface area contributed by atoms with E-state index in [1.54, 1.807) is 0 Å². The number of amides is 2. The number of rotatable bonds is 9. The van der Waals surface area contributed by atoms with Gasteiger partial charge in [0.2, 0.25) is 5.91 Å². The molecule has 4 rings (SSSR count).